The van der Waals surface area contributed by atoms with Crippen molar-refractivity contribution < 1.29 is 14.6 Å². The number of hydrogen-bond donors (Lipinski definition) is 1. The van der Waals surface area contributed by atoms with Crippen LogP contribution in [0.4, 0.5) is 0 Å². The molecule has 0 saturated heterocycles. The monoisotopic (exact) mass is 462 g/mol. The van der Waals surface area contributed by atoms with Crippen LogP contribution in [-0.4, -0.2) is 25.1 Å². The van der Waals surface area contributed by atoms with Crippen LogP contribution in [0.5, 0.6) is 0 Å². The van der Waals surface area contributed by atoms with Crippen molar-refractivity contribution in [3.8, 4) is 0 Å². The maximum absolute atomic E-state index is 12.9. The highest BCUT2D eigenvalue weighted by molar-refractivity contribution is 6.80. The van der Waals surface area contributed by atoms with Gasteiger partial charge in [-0.25, -0.2) is 0 Å². The molecular weight excluding hydrogens is 424 g/mol. The summed E-state index contributed by atoms with van der Waals surface area (Å²) in [5.74, 6) is 0.594. The largest absolute Gasteiger partial charge is 0.385 e. The highest BCUT2D eigenvalue weighted by Crippen LogP contribution is 2.55. The molecule has 0 heterocycles. The lowest BCUT2D eigenvalue weighted by molar-refractivity contribution is -0.160. The van der Waals surface area contributed by atoms with Gasteiger partial charge >= 0.3 is 0 Å². The van der Waals surface area contributed by atoms with Gasteiger partial charge in [-0.15, -0.1) is 0 Å². The summed E-state index contributed by atoms with van der Waals surface area (Å²) in [6.07, 6.45) is 6.70. The molecule has 2 saturated carbocycles. The minimum Gasteiger partial charge on any atom is -0.385 e. The number of ether oxygens (including phenoxy) is 1. The molecule has 5 atom stereocenters. The summed E-state index contributed by atoms with van der Waals surface area (Å²) >= 11 is 0. The Morgan fingerprint density at radius 2 is 1.61 bits per heavy atom. The lowest BCUT2D eigenvalue weighted by Gasteiger charge is -2.51. The van der Waals surface area contributed by atoms with E-state index in [0.29, 0.717) is 12.2 Å². The zero-order chi connectivity index (χ0) is 23.5. The molecule has 2 aromatic rings. The number of hydrogen-bond acceptors (Lipinski definition) is 3. The van der Waals surface area contributed by atoms with E-state index in [-0.39, 0.29) is 17.4 Å². The van der Waals surface area contributed by atoms with E-state index in [2.05, 4.69) is 31.4 Å². The minimum absolute atomic E-state index is 0.175. The van der Waals surface area contributed by atoms with Crippen molar-refractivity contribution in [3.05, 3.63) is 83.6 Å². The molecule has 2 aliphatic carbocycles. The van der Waals surface area contributed by atoms with E-state index >= 15 is 0 Å². The van der Waals surface area contributed by atoms with Gasteiger partial charge in [-0.05, 0) is 30.4 Å². The molecule has 0 radical (unpaired) electrons. The van der Waals surface area contributed by atoms with Crippen LogP contribution in [0.3, 0.4) is 0 Å². The van der Waals surface area contributed by atoms with E-state index in [4.69, 9.17) is 4.74 Å². The topological polar surface area (TPSA) is 46.5 Å². The van der Waals surface area contributed by atoms with Crippen molar-refractivity contribution >= 4 is 13.9 Å². The van der Waals surface area contributed by atoms with Gasteiger partial charge in [-0.1, -0.05) is 105 Å². The molecule has 4 heteroatoms. The Morgan fingerprint density at radius 1 is 0.970 bits per heavy atom. The molecule has 0 bridgehead atoms. The van der Waals surface area contributed by atoms with Crippen LogP contribution in [-0.2, 0) is 9.53 Å². The Labute approximate surface area is 199 Å². The highest BCUT2D eigenvalue weighted by Gasteiger charge is 2.54. The molecule has 0 amide bonds. The van der Waals surface area contributed by atoms with E-state index in [1.807, 2.05) is 60.7 Å². The molecule has 0 unspecified atom stereocenters. The number of aliphatic hydroxyl groups is 1. The molecule has 176 valence electrons. The number of carbonyl (C=O) groups is 1. The van der Waals surface area contributed by atoms with Crippen LogP contribution in [0.1, 0.15) is 61.9 Å². The smallest absolute Gasteiger partial charge is 0.139 e. The van der Waals surface area contributed by atoms with E-state index in [9.17, 15) is 9.90 Å². The normalized spacial score (nSPS) is 26.2. The molecule has 1 N–H and O–H groups in total. The van der Waals surface area contributed by atoms with Crippen LogP contribution in [0.15, 0.2) is 72.4 Å². The summed E-state index contributed by atoms with van der Waals surface area (Å²) in [4.78, 5) is 12.9. The first kappa shape index (κ1) is 24.1. The summed E-state index contributed by atoms with van der Waals surface area (Å²) in [7, 11) is -1.47. The fourth-order valence-electron chi connectivity index (χ4n) is 5.58. The molecule has 2 aromatic carbocycles. The van der Waals surface area contributed by atoms with Gasteiger partial charge in [-0.3, -0.25) is 4.79 Å². The molecular formula is C29H38O3Si. The van der Waals surface area contributed by atoms with Gasteiger partial charge in [-0.2, -0.15) is 0 Å². The fraction of sp³-hybridized carbons (Fsp3) is 0.483. The molecule has 1 spiro atoms. The van der Waals surface area contributed by atoms with Gasteiger partial charge in [0, 0.05) is 17.8 Å². The van der Waals surface area contributed by atoms with Crippen molar-refractivity contribution in [1.82, 2.24) is 0 Å². The Balaban J connectivity index is 1.71. The maximum atomic E-state index is 12.9. The Kier molecular flexibility index (Phi) is 7.37. The zero-order valence-electron chi connectivity index (χ0n) is 20.2. The molecule has 0 aromatic heterocycles. The summed E-state index contributed by atoms with van der Waals surface area (Å²) in [6, 6.07) is 19.8. The van der Waals surface area contributed by atoms with Crippen LogP contribution in [0.2, 0.25) is 19.6 Å². The molecule has 33 heavy (non-hydrogen) atoms. The summed E-state index contributed by atoms with van der Waals surface area (Å²) in [5, 5.41) is 11.5. The summed E-state index contributed by atoms with van der Waals surface area (Å²) < 4.78 is 6.90. The van der Waals surface area contributed by atoms with Crippen molar-refractivity contribution in [2.45, 2.75) is 76.5 Å². The van der Waals surface area contributed by atoms with E-state index < -0.39 is 20.3 Å². The first-order valence-electron chi connectivity index (χ1n) is 12.5. The SMILES string of the molecule is C[Si](C)(C)/C=C/[C@@H](O[C@H](c1ccccc1)[C@H](O)c1ccccc1)[C@H]1CCCC[C@@]12CCC2=O. The Hall–Kier alpha value is -2.01. The minimum atomic E-state index is -1.47. The predicted molar refractivity (Wildman–Crippen MR) is 137 cm³/mol. The van der Waals surface area contributed by atoms with E-state index in [1.54, 1.807) is 0 Å². The third-order valence-corrected chi connectivity index (χ3v) is 8.69. The van der Waals surface area contributed by atoms with Gasteiger partial charge in [0.15, 0.2) is 0 Å². The van der Waals surface area contributed by atoms with Crippen molar-refractivity contribution in [2.75, 3.05) is 0 Å². The number of carbonyl (C=O) groups excluding carboxylic acids is 1. The molecule has 0 aliphatic heterocycles. The highest BCUT2D eigenvalue weighted by atomic mass is 28.3. The van der Waals surface area contributed by atoms with E-state index in [0.717, 1.165) is 43.2 Å². The number of ketones is 1. The second-order valence-electron chi connectivity index (χ2n) is 10.9. The van der Waals surface area contributed by atoms with Gasteiger partial charge < -0.3 is 9.84 Å². The third kappa shape index (κ3) is 5.39. The van der Waals surface area contributed by atoms with Crippen molar-refractivity contribution in [1.29, 1.82) is 0 Å². The van der Waals surface area contributed by atoms with Crippen LogP contribution in [0.25, 0.3) is 0 Å². The van der Waals surface area contributed by atoms with Gasteiger partial charge in [0.25, 0.3) is 0 Å². The van der Waals surface area contributed by atoms with Gasteiger partial charge in [0.2, 0.25) is 0 Å². The third-order valence-electron chi connectivity index (χ3n) is 7.49. The quantitative estimate of drug-likeness (QED) is 0.438. The van der Waals surface area contributed by atoms with Gasteiger partial charge in [0.05, 0.1) is 14.2 Å². The lowest BCUT2D eigenvalue weighted by atomic mass is 9.53. The average molecular weight is 463 g/mol. The zero-order valence-corrected chi connectivity index (χ0v) is 21.2. The Bertz CT molecular complexity index is 950. The Morgan fingerprint density at radius 3 is 2.15 bits per heavy atom. The van der Waals surface area contributed by atoms with Crippen molar-refractivity contribution in [3.63, 3.8) is 0 Å². The van der Waals surface area contributed by atoms with Gasteiger partial charge in [0.1, 0.15) is 18.0 Å². The number of rotatable bonds is 8. The second kappa shape index (κ2) is 10.1. The first-order chi connectivity index (χ1) is 15.8. The maximum Gasteiger partial charge on any atom is 0.139 e. The number of benzene rings is 2. The van der Waals surface area contributed by atoms with Crippen molar-refractivity contribution in [2.24, 2.45) is 11.3 Å². The van der Waals surface area contributed by atoms with E-state index in [1.165, 1.54) is 0 Å². The molecule has 4 rings (SSSR count). The number of aliphatic hydroxyl groups excluding tert-OH is 1. The average Bonchev–Trinajstić information content (AvgIpc) is 2.83. The second-order valence-corrected chi connectivity index (χ2v) is 16.0. The lowest BCUT2D eigenvalue weighted by Crippen LogP contribution is -2.52. The standard InChI is InChI=1S/C29H38O3Si/c1-33(2,3)21-18-25(24-16-10-11-19-29(24)20-17-26(29)30)32-28(23-14-8-5-9-15-23)27(31)22-12-6-4-7-13-22/h4-9,12-15,18,21,24-25,27-28,31H,10-11,16-17,19-20H2,1-3H3/b21-18+/t24-,25-,27-,28-,29-/m1/s1. The summed E-state index contributed by atoms with van der Waals surface area (Å²) in [5.41, 5.74) is 3.92. The number of Topliss-reactive ketones (excluding diaryl/α,β-unsaturated/α-hetero) is 1. The molecule has 2 aliphatic rings. The first-order valence-corrected chi connectivity index (χ1v) is 16.0. The summed E-state index contributed by atoms with van der Waals surface area (Å²) in [6.45, 7) is 6.96. The molecule has 2 fully saturated rings. The fourth-order valence-corrected chi connectivity index (χ4v) is 6.35. The van der Waals surface area contributed by atoms with Crippen LogP contribution in [0, 0.1) is 11.3 Å². The van der Waals surface area contributed by atoms with Crippen LogP contribution >= 0.6 is 0 Å². The van der Waals surface area contributed by atoms with Crippen LogP contribution < -0.4 is 0 Å². The molecule has 3 nitrogen and oxygen atoms in total. The predicted octanol–water partition coefficient (Wildman–Crippen LogP) is 6.82.